The van der Waals surface area contributed by atoms with E-state index < -0.39 is 20.1 Å². The van der Waals surface area contributed by atoms with Gasteiger partial charge in [0.05, 0.1) is 0 Å². The summed E-state index contributed by atoms with van der Waals surface area (Å²) in [6.07, 6.45) is 1.02. The summed E-state index contributed by atoms with van der Waals surface area (Å²) in [5.41, 5.74) is 1.10. The molecule has 5 heteroatoms. The molecule has 1 rings (SSSR count). The maximum absolute atomic E-state index is 2.77. The first-order valence-electron chi connectivity index (χ1n) is 7.72. The molecule has 0 spiro atoms. The Morgan fingerprint density at radius 3 is 2.05 bits per heavy atom. The van der Waals surface area contributed by atoms with Gasteiger partial charge >= 0.3 is 126 Å². The fourth-order valence-electron chi connectivity index (χ4n) is 3.64. The van der Waals surface area contributed by atoms with Crippen LogP contribution in [0.3, 0.4) is 0 Å². The first-order chi connectivity index (χ1) is 8.34. The average molecular weight is 362 g/mol. The van der Waals surface area contributed by atoms with Crippen LogP contribution >= 0.6 is 35.0 Å². The third-order valence-electron chi connectivity index (χ3n) is 6.33. The molecule has 1 heterocycles. The molecule has 0 fully saturated rings. The quantitative estimate of drug-likeness (QED) is 0.504. The summed E-state index contributed by atoms with van der Waals surface area (Å²) >= 11 is 0. The Labute approximate surface area is 126 Å². The van der Waals surface area contributed by atoms with Crippen LogP contribution in [-0.2, 0) is 0 Å². The van der Waals surface area contributed by atoms with Crippen LogP contribution in [0.1, 0.15) is 13.8 Å². The van der Waals surface area contributed by atoms with Crippen molar-refractivity contribution in [2.45, 2.75) is 19.5 Å². The zero-order valence-electron chi connectivity index (χ0n) is 15.0. The fourth-order valence-corrected chi connectivity index (χ4v) is 52.1. The van der Waals surface area contributed by atoms with E-state index >= 15 is 0 Å². The summed E-state index contributed by atoms with van der Waals surface area (Å²) in [6, 6.07) is 0. The predicted octanol–water partition coefficient (Wildman–Crippen LogP) is 5.98. The first-order valence-corrected chi connectivity index (χ1v) is 23.4. The summed E-state index contributed by atoms with van der Waals surface area (Å²) < 4.78 is 0. The molecule has 3 unspecified atom stereocenters. The van der Waals surface area contributed by atoms with Gasteiger partial charge in [0.1, 0.15) is 0 Å². The van der Waals surface area contributed by atoms with E-state index in [4.69, 9.17) is 0 Å². The van der Waals surface area contributed by atoms with Crippen molar-refractivity contribution in [3.8, 4) is 0 Å². The van der Waals surface area contributed by atoms with E-state index in [0.29, 0.717) is 7.61 Å². The van der Waals surface area contributed by atoms with Crippen molar-refractivity contribution in [3.05, 3.63) is 0 Å². The van der Waals surface area contributed by atoms with Gasteiger partial charge in [-0.25, -0.2) is 0 Å². The van der Waals surface area contributed by atoms with Crippen LogP contribution in [0.5, 0.6) is 0 Å². The molecule has 0 saturated heterocycles. The summed E-state index contributed by atoms with van der Waals surface area (Å²) in [5.74, 6) is 2.60. The van der Waals surface area contributed by atoms with Crippen LogP contribution < -0.4 is 0 Å². The molecule has 19 heavy (non-hydrogen) atoms. The minimum atomic E-state index is -1.07. The molecule has 0 amide bonds. The van der Waals surface area contributed by atoms with Crippen molar-refractivity contribution in [2.24, 2.45) is 5.92 Å². The Morgan fingerprint density at radius 2 is 1.63 bits per heavy atom. The molecule has 1 aliphatic heterocycles. The molecule has 0 nitrogen and oxygen atoms in total. The van der Waals surface area contributed by atoms with Crippen LogP contribution in [-0.4, -0.2) is 71.0 Å². The normalized spacial score (nSPS) is 41.1. The molecule has 0 N–H and O–H groups in total. The van der Waals surface area contributed by atoms with Crippen molar-refractivity contribution in [1.82, 2.24) is 0 Å². The van der Waals surface area contributed by atoms with Crippen LogP contribution in [0.25, 0.3) is 0 Å². The third kappa shape index (κ3) is 3.74. The first kappa shape index (κ1) is 19.2. The molecule has 0 aromatic carbocycles. The number of hydrogen-bond donors (Lipinski definition) is 0. The standard InChI is InChI=1S/C14H39P5/c1-13(2)14-11-17(5,6)15(3)12-16(4)19(9,10)18(14,7)8/h13-14,16-18H,11-12H2,1-10H3. The van der Waals surface area contributed by atoms with Gasteiger partial charge in [0.2, 0.25) is 0 Å². The van der Waals surface area contributed by atoms with Crippen LogP contribution in [0.2, 0.25) is 0 Å². The van der Waals surface area contributed by atoms with Gasteiger partial charge in [0.25, 0.3) is 0 Å². The van der Waals surface area contributed by atoms with Gasteiger partial charge in [-0.3, -0.25) is 0 Å². The molecule has 0 aromatic heterocycles. The van der Waals surface area contributed by atoms with Gasteiger partial charge in [-0.2, -0.15) is 0 Å². The Balaban J connectivity index is 3.46. The Morgan fingerprint density at radius 1 is 1.16 bits per heavy atom. The second kappa shape index (κ2) is 6.34. The molecule has 1 aliphatic rings. The molecular weight excluding hydrogens is 323 g/mol. The Kier molecular flexibility index (Phi) is 6.40. The zero-order chi connectivity index (χ0) is 15.2. The van der Waals surface area contributed by atoms with Gasteiger partial charge < -0.3 is 0 Å². The number of hydrogen-bond acceptors (Lipinski definition) is 0. The van der Waals surface area contributed by atoms with Crippen molar-refractivity contribution in [3.63, 3.8) is 0 Å². The van der Waals surface area contributed by atoms with E-state index in [9.17, 15) is 0 Å². The van der Waals surface area contributed by atoms with Crippen LogP contribution in [0.4, 0.5) is 0 Å². The molecule has 0 bridgehead atoms. The predicted molar refractivity (Wildman–Crippen MR) is 115 cm³/mol. The average Bonchev–Trinajstić information content (AvgIpc) is 2.23. The van der Waals surface area contributed by atoms with Crippen molar-refractivity contribution >= 4 is 35.0 Å². The molecule has 0 aromatic rings. The third-order valence-corrected chi connectivity index (χ3v) is 54.9. The van der Waals surface area contributed by atoms with Crippen molar-refractivity contribution < 1.29 is 0 Å². The molecule has 0 radical (unpaired) electrons. The second-order valence-electron chi connectivity index (χ2n) is 8.57. The van der Waals surface area contributed by atoms with Crippen LogP contribution in [0.15, 0.2) is 0 Å². The summed E-state index contributed by atoms with van der Waals surface area (Å²) in [5, 5.41) is 0. The van der Waals surface area contributed by atoms with E-state index in [2.05, 4.69) is 67.2 Å². The Bertz CT molecular complexity index is 389. The second-order valence-corrected chi connectivity index (χ2v) is 43.4. The Hall–Kier alpha value is 2.15. The van der Waals surface area contributed by atoms with E-state index in [1.165, 1.54) is 0 Å². The SMILES string of the molecule is CC(C)C1C[PH](C)(C)P(C)C[PH](C)=P(C)(C)[PH]1(C)C. The van der Waals surface area contributed by atoms with Gasteiger partial charge in [-0.15, -0.1) is 0 Å². The molecule has 3 atom stereocenters. The molecule has 0 saturated carbocycles. The molecular formula is C14H39P5. The van der Waals surface area contributed by atoms with E-state index in [0.717, 1.165) is 11.6 Å². The summed E-state index contributed by atoms with van der Waals surface area (Å²) in [7, 11) is 0.282. The molecule has 0 aliphatic carbocycles. The van der Waals surface area contributed by atoms with E-state index in [1.54, 1.807) is 12.1 Å². The summed E-state index contributed by atoms with van der Waals surface area (Å²) in [6.45, 7) is 24.9. The minimum absolute atomic E-state index is 0.0827. The van der Waals surface area contributed by atoms with E-state index in [-0.39, 0.29) is 7.21 Å². The topological polar surface area (TPSA) is 0 Å². The van der Waals surface area contributed by atoms with Gasteiger partial charge in [0.15, 0.2) is 0 Å². The number of rotatable bonds is 1. The van der Waals surface area contributed by atoms with Gasteiger partial charge in [-0.05, 0) is 0 Å². The zero-order valence-corrected chi connectivity index (χ0v) is 19.8. The van der Waals surface area contributed by atoms with Crippen molar-refractivity contribution in [1.29, 1.82) is 0 Å². The van der Waals surface area contributed by atoms with E-state index in [1.807, 2.05) is 0 Å². The maximum atomic E-state index is 2.77. The van der Waals surface area contributed by atoms with Gasteiger partial charge in [0, 0.05) is 0 Å². The van der Waals surface area contributed by atoms with Gasteiger partial charge in [-0.1, -0.05) is 0 Å². The van der Waals surface area contributed by atoms with Crippen LogP contribution in [0, 0.1) is 5.92 Å². The molecule has 120 valence electrons. The summed E-state index contributed by atoms with van der Waals surface area (Å²) in [4.78, 5) is 0. The van der Waals surface area contributed by atoms with Crippen molar-refractivity contribution in [2.75, 3.05) is 65.4 Å². The monoisotopic (exact) mass is 362 g/mol. The fraction of sp³-hybridized carbons (Fsp3) is 1.00.